The normalized spacial score (nSPS) is 14.2. The van der Waals surface area contributed by atoms with Gasteiger partial charge in [-0.25, -0.2) is 0 Å². The first-order valence-corrected chi connectivity index (χ1v) is 21.8. The number of hydrogen-bond donors (Lipinski definition) is 4. The molecule has 0 aliphatic heterocycles. The van der Waals surface area contributed by atoms with Gasteiger partial charge in [-0.2, -0.15) is 0 Å². The third kappa shape index (κ3) is 11.5. The maximum atomic E-state index is 10.4. The van der Waals surface area contributed by atoms with Gasteiger partial charge in [0, 0.05) is 39.4 Å². The summed E-state index contributed by atoms with van der Waals surface area (Å²) < 4.78 is 0. The summed E-state index contributed by atoms with van der Waals surface area (Å²) in [5, 5.41) is 62.2. The Morgan fingerprint density at radius 2 is 0.831 bits per heavy atom. The number of fused-ring (bicyclic) bond motifs is 2. The van der Waals surface area contributed by atoms with Crippen molar-refractivity contribution in [2.24, 2.45) is 32.3 Å². The molecular weight excluding hydrogens is 852 g/mol. The first-order chi connectivity index (χ1) is 30.7. The summed E-state index contributed by atoms with van der Waals surface area (Å²) in [4.78, 5) is 0. The molecule has 0 bridgehead atoms. The molecule has 0 amide bonds. The van der Waals surface area contributed by atoms with E-state index in [2.05, 4.69) is 123 Å². The summed E-state index contributed by atoms with van der Waals surface area (Å²) in [6.07, 6.45) is 27.2. The topological polar surface area (TPSA) is 130 Å². The van der Waals surface area contributed by atoms with Crippen LogP contribution in [0.2, 0.25) is 0 Å². The van der Waals surface area contributed by atoms with E-state index in [-0.39, 0.29) is 50.6 Å². The summed E-state index contributed by atoms with van der Waals surface area (Å²) in [6.45, 7) is 12.9. The van der Waals surface area contributed by atoms with Crippen LogP contribution in [0.5, 0.6) is 23.0 Å². The second-order valence-electron chi connectivity index (χ2n) is 17.5. The Bertz CT molecular complexity index is 2710. The minimum Gasteiger partial charge on any atom is -0.506 e. The van der Waals surface area contributed by atoms with Crippen molar-refractivity contribution in [2.75, 3.05) is 0 Å². The molecule has 65 heavy (non-hydrogen) atoms. The number of hydrogen-bond acceptors (Lipinski definition) is 8. The van der Waals surface area contributed by atoms with Crippen molar-refractivity contribution in [1.29, 1.82) is 0 Å². The number of benzene rings is 6. The van der Waals surface area contributed by atoms with E-state index in [1.54, 1.807) is 24.3 Å². The number of allylic oxidation sites excluding steroid dienone is 10. The number of phenolic OH excluding ortho intramolecular Hbond substituents is 4. The number of nitrogens with zero attached hydrogens (tertiary/aromatic N) is 4. The number of azo groups is 2. The molecule has 2 aliphatic rings. The molecule has 1 radical (unpaired) electrons. The monoisotopic (exact) mass is 907 g/mol. The SMILES string of the molecule is CCC(C)(C)c1ccc(O)c(N=Nc2c(O)ccc3cc(/C=C/C4C=CC=C4)ccc23)c1.CCC(C)(C)c1ccc(O)c(N=Nc2c(O)ccc3cc(/C=C/C4C=CC=C4)ccc23)c1.[Co]. The molecule has 0 unspecified atom stereocenters. The van der Waals surface area contributed by atoms with Crippen molar-refractivity contribution in [3.8, 4) is 23.0 Å². The largest absolute Gasteiger partial charge is 0.506 e. The zero-order chi connectivity index (χ0) is 45.4. The van der Waals surface area contributed by atoms with Crippen LogP contribution in [0.3, 0.4) is 0 Å². The second-order valence-corrected chi connectivity index (χ2v) is 17.5. The molecule has 333 valence electrons. The van der Waals surface area contributed by atoms with Crippen LogP contribution in [0.15, 0.2) is 178 Å². The van der Waals surface area contributed by atoms with Crippen molar-refractivity contribution in [1.82, 2.24) is 0 Å². The van der Waals surface area contributed by atoms with Crippen molar-refractivity contribution >= 4 is 56.4 Å². The first-order valence-electron chi connectivity index (χ1n) is 21.8. The molecule has 8 nitrogen and oxygen atoms in total. The quantitative estimate of drug-likeness (QED) is 0.0911. The van der Waals surface area contributed by atoms with Crippen LogP contribution in [0.1, 0.15) is 76.6 Å². The van der Waals surface area contributed by atoms with E-state index in [0.29, 0.717) is 34.6 Å². The van der Waals surface area contributed by atoms with E-state index in [1.165, 1.54) is 0 Å². The molecule has 8 rings (SSSR count). The third-order valence-electron chi connectivity index (χ3n) is 12.4. The fourth-order valence-electron chi connectivity index (χ4n) is 7.32. The average Bonchev–Trinajstić information content (AvgIpc) is 4.03. The predicted octanol–water partition coefficient (Wildman–Crippen LogP) is 16.2. The minimum atomic E-state index is -0.0342. The van der Waals surface area contributed by atoms with Crippen LogP contribution in [0, 0.1) is 11.8 Å². The van der Waals surface area contributed by atoms with Gasteiger partial charge in [0.1, 0.15) is 45.7 Å². The van der Waals surface area contributed by atoms with Gasteiger partial charge < -0.3 is 20.4 Å². The fourth-order valence-corrected chi connectivity index (χ4v) is 7.32. The van der Waals surface area contributed by atoms with Gasteiger partial charge in [0.15, 0.2) is 0 Å². The van der Waals surface area contributed by atoms with Gasteiger partial charge in [-0.15, -0.1) is 20.5 Å². The molecule has 0 atom stereocenters. The molecule has 0 spiro atoms. The zero-order valence-corrected chi connectivity index (χ0v) is 38.7. The minimum absolute atomic E-state index is 0. The number of phenols is 4. The molecule has 0 aromatic heterocycles. The molecule has 9 heteroatoms. The smallest absolute Gasteiger partial charge is 0.143 e. The van der Waals surface area contributed by atoms with Crippen LogP contribution in [0.4, 0.5) is 22.7 Å². The molecule has 2 aliphatic carbocycles. The van der Waals surface area contributed by atoms with Crippen LogP contribution in [0.25, 0.3) is 33.7 Å². The Kier molecular flexibility index (Phi) is 15.2. The van der Waals surface area contributed by atoms with Gasteiger partial charge in [-0.3, -0.25) is 0 Å². The molecule has 0 saturated heterocycles. The molecule has 4 N–H and O–H groups in total. The summed E-state index contributed by atoms with van der Waals surface area (Å²) >= 11 is 0. The van der Waals surface area contributed by atoms with Gasteiger partial charge in [-0.05, 0) is 105 Å². The molecule has 6 aromatic carbocycles. The summed E-state index contributed by atoms with van der Waals surface area (Å²) in [7, 11) is 0. The van der Waals surface area contributed by atoms with Crippen LogP contribution >= 0.6 is 0 Å². The van der Waals surface area contributed by atoms with E-state index in [9.17, 15) is 20.4 Å². The van der Waals surface area contributed by atoms with E-state index < -0.39 is 0 Å². The van der Waals surface area contributed by atoms with Gasteiger partial charge in [0.05, 0.1) is 0 Å². The second kappa shape index (κ2) is 20.8. The predicted molar refractivity (Wildman–Crippen MR) is 264 cm³/mol. The molecule has 6 aromatic rings. The first kappa shape index (κ1) is 47.7. The fraction of sp³-hybridized carbons (Fsp3) is 0.214. The van der Waals surface area contributed by atoms with Crippen molar-refractivity contribution in [3.63, 3.8) is 0 Å². The van der Waals surface area contributed by atoms with E-state index in [0.717, 1.165) is 56.6 Å². The van der Waals surface area contributed by atoms with Crippen molar-refractivity contribution in [2.45, 2.75) is 65.2 Å². The van der Waals surface area contributed by atoms with Gasteiger partial charge in [0.2, 0.25) is 0 Å². The van der Waals surface area contributed by atoms with E-state index in [1.807, 2.05) is 85.0 Å². The number of aromatic hydroxyl groups is 4. The molecule has 0 heterocycles. The Balaban J connectivity index is 0.000000212. The Labute approximate surface area is 392 Å². The maximum absolute atomic E-state index is 10.4. The summed E-state index contributed by atoms with van der Waals surface area (Å²) in [5.41, 5.74) is 5.79. The molecule has 0 saturated carbocycles. The van der Waals surface area contributed by atoms with Gasteiger partial charge >= 0.3 is 0 Å². The average molecular weight is 908 g/mol. The van der Waals surface area contributed by atoms with Crippen molar-refractivity contribution < 1.29 is 37.2 Å². The standard InChI is InChI=1S/2C28H28N2O2.Co/c2*1-4-28(2,3)22-13-16-25(31)24(18-22)29-30-27-23-14-11-20(10-9-19-7-5-6-8-19)17-21(23)12-15-26(27)32;/h2*5-19,31-32H,4H2,1-3H3;/b2*10-9+,30-29?;. The Morgan fingerprint density at radius 3 is 1.20 bits per heavy atom. The van der Waals surface area contributed by atoms with Crippen LogP contribution in [-0.2, 0) is 27.6 Å². The maximum Gasteiger partial charge on any atom is 0.143 e. The van der Waals surface area contributed by atoms with Gasteiger partial charge in [0.25, 0.3) is 0 Å². The van der Waals surface area contributed by atoms with E-state index >= 15 is 0 Å². The Hall–Kier alpha value is -6.81. The summed E-state index contributed by atoms with van der Waals surface area (Å²) in [5.74, 6) is 0.885. The zero-order valence-electron chi connectivity index (χ0n) is 37.6. The third-order valence-corrected chi connectivity index (χ3v) is 12.4. The van der Waals surface area contributed by atoms with E-state index in [4.69, 9.17) is 0 Å². The van der Waals surface area contributed by atoms with Crippen LogP contribution < -0.4 is 0 Å². The molecule has 0 fully saturated rings. The number of rotatable bonds is 12. The van der Waals surface area contributed by atoms with Gasteiger partial charge in [-0.1, -0.05) is 163 Å². The van der Waals surface area contributed by atoms with Crippen molar-refractivity contribution in [3.05, 3.63) is 180 Å². The molecular formula is C56H56CoN4O4. The summed E-state index contributed by atoms with van der Waals surface area (Å²) in [6, 6.07) is 29.9. The van der Waals surface area contributed by atoms with Crippen LogP contribution in [-0.4, -0.2) is 20.4 Å². The Morgan fingerprint density at radius 1 is 0.462 bits per heavy atom.